The van der Waals surface area contributed by atoms with Gasteiger partial charge in [0.05, 0.1) is 7.11 Å². The van der Waals surface area contributed by atoms with Crippen LogP contribution in [0.25, 0.3) is 10.1 Å². The molecule has 1 aromatic carbocycles. The number of ether oxygens (including phenoxy) is 1. The molecule has 0 saturated heterocycles. The molecule has 0 fully saturated rings. The number of hydrogen-bond acceptors (Lipinski definition) is 2. The Morgan fingerprint density at radius 2 is 2.23 bits per heavy atom. The van der Waals surface area contributed by atoms with E-state index in [1.54, 1.807) is 23.5 Å². The fourth-order valence-electron chi connectivity index (χ4n) is 1.39. The van der Waals surface area contributed by atoms with Crippen molar-refractivity contribution in [1.29, 1.82) is 0 Å². The van der Waals surface area contributed by atoms with Crippen molar-refractivity contribution in [3.05, 3.63) is 28.9 Å². The summed E-state index contributed by atoms with van der Waals surface area (Å²) in [4.78, 5) is 0. The lowest BCUT2D eigenvalue weighted by atomic mass is 10.1. The number of benzene rings is 1. The van der Waals surface area contributed by atoms with Gasteiger partial charge in [0.1, 0.15) is 0 Å². The Morgan fingerprint density at radius 3 is 2.92 bits per heavy atom. The summed E-state index contributed by atoms with van der Waals surface area (Å²) in [5, 5.41) is 2.54. The van der Waals surface area contributed by atoms with Crippen LogP contribution < -0.4 is 4.74 Å². The summed E-state index contributed by atoms with van der Waals surface area (Å²) in [7, 11) is 1.48. The van der Waals surface area contributed by atoms with Gasteiger partial charge in [0.2, 0.25) is 0 Å². The van der Waals surface area contributed by atoms with Crippen molar-refractivity contribution in [2.24, 2.45) is 0 Å². The van der Waals surface area contributed by atoms with Crippen molar-refractivity contribution in [2.45, 2.75) is 6.92 Å². The van der Waals surface area contributed by atoms with E-state index < -0.39 is 0 Å². The number of rotatable bonds is 1. The van der Waals surface area contributed by atoms with E-state index in [0.29, 0.717) is 11.1 Å². The molecule has 0 N–H and O–H groups in total. The van der Waals surface area contributed by atoms with Crippen LogP contribution in [-0.2, 0) is 0 Å². The molecule has 0 atom stereocenters. The van der Waals surface area contributed by atoms with Crippen molar-refractivity contribution in [3.8, 4) is 5.75 Å². The number of aryl methyl sites for hydroxylation is 1. The average Bonchev–Trinajstić information content (AvgIpc) is 2.60. The third-order valence-corrected chi connectivity index (χ3v) is 3.09. The van der Waals surface area contributed by atoms with Gasteiger partial charge in [0, 0.05) is 10.1 Å². The molecule has 2 aromatic rings. The Balaban J connectivity index is 2.85. The molecule has 13 heavy (non-hydrogen) atoms. The summed E-state index contributed by atoms with van der Waals surface area (Å²) >= 11 is 1.55. The number of hydrogen-bond donors (Lipinski definition) is 0. The lowest BCUT2D eigenvalue weighted by Gasteiger charge is -2.04. The Morgan fingerprint density at radius 1 is 1.46 bits per heavy atom. The maximum absolute atomic E-state index is 13.6. The predicted octanol–water partition coefficient (Wildman–Crippen LogP) is 3.36. The Labute approximate surface area is 79.8 Å². The third-order valence-electron chi connectivity index (χ3n) is 2.04. The van der Waals surface area contributed by atoms with Gasteiger partial charge < -0.3 is 4.74 Å². The fourth-order valence-corrected chi connectivity index (χ4v) is 2.26. The molecule has 0 aliphatic heterocycles. The van der Waals surface area contributed by atoms with Crippen LogP contribution >= 0.6 is 11.3 Å². The van der Waals surface area contributed by atoms with E-state index in [2.05, 4.69) is 0 Å². The molecule has 0 aliphatic carbocycles. The van der Waals surface area contributed by atoms with Crippen LogP contribution in [0.3, 0.4) is 0 Å². The molecular formula is C10H9FOS. The van der Waals surface area contributed by atoms with E-state index >= 15 is 0 Å². The van der Waals surface area contributed by atoms with Crippen LogP contribution in [0.1, 0.15) is 5.56 Å². The van der Waals surface area contributed by atoms with Crippen LogP contribution in [0.2, 0.25) is 0 Å². The standard InChI is InChI=1S/C10H9FOS/c1-6-5-8(12-2)9(11)7-3-4-13-10(6)7/h3-5H,1-2H3. The first-order valence-corrected chi connectivity index (χ1v) is 4.82. The zero-order valence-electron chi connectivity index (χ0n) is 7.43. The van der Waals surface area contributed by atoms with Gasteiger partial charge in [-0.05, 0) is 30.0 Å². The third kappa shape index (κ3) is 1.20. The number of fused-ring (bicyclic) bond motifs is 1. The van der Waals surface area contributed by atoms with E-state index in [4.69, 9.17) is 4.74 Å². The molecule has 0 aliphatic rings. The normalized spacial score (nSPS) is 10.7. The summed E-state index contributed by atoms with van der Waals surface area (Å²) in [6.45, 7) is 1.96. The minimum atomic E-state index is -0.260. The lowest BCUT2D eigenvalue weighted by Crippen LogP contribution is -1.89. The molecule has 3 heteroatoms. The van der Waals surface area contributed by atoms with Gasteiger partial charge in [-0.25, -0.2) is 4.39 Å². The summed E-state index contributed by atoms with van der Waals surface area (Å²) < 4.78 is 19.5. The van der Waals surface area contributed by atoms with Gasteiger partial charge in [0.15, 0.2) is 11.6 Å². The van der Waals surface area contributed by atoms with Gasteiger partial charge in [-0.1, -0.05) is 0 Å². The monoisotopic (exact) mass is 196 g/mol. The predicted molar refractivity (Wildman–Crippen MR) is 53.1 cm³/mol. The average molecular weight is 196 g/mol. The molecule has 1 heterocycles. The van der Waals surface area contributed by atoms with Crippen LogP contribution in [0.15, 0.2) is 17.5 Å². The van der Waals surface area contributed by atoms with Crippen molar-refractivity contribution >= 4 is 21.4 Å². The first kappa shape index (κ1) is 8.51. The topological polar surface area (TPSA) is 9.23 Å². The van der Waals surface area contributed by atoms with Gasteiger partial charge in [-0.2, -0.15) is 0 Å². The van der Waals surface area contributed by atoms with Gasteiger partial charge >= 0.3 is 0 Å². The Bertz CT molecular complexity index is 447. The van der Waals surface area contributed by atoms with E-state index in [-0.39, 0.29) is 5.82 Å². The van der Waals surface area contributed by atoms with Crippen molar-refractivity contribution < 1.29 is 9.13 Å². The zero-order valence-corrected chi connectivity index (χ0v) is 8.24. The molecule has 0 unspecified atom stereocenters. The van der Waals surface area contributed by atoms with E-state index in [1.807, 2.05) is 12.3 Å². The molecule has 0 saturated carbocycles. The molecule has 0 spiro atoms. The number of methoxy groups -OCH3 is 1. The van der Waals surface area contributed by atoms with Crippen LogP contribution in [0, 0.1) is 12.7 Å². The molecule has 0 radical (unpaired) electrons. The summed E-state index contributed by atoms with van der Waals surface area (Å²) in [6.07, 6.45) is 0. The molecule has 68 valence electrons. The molecule has 0 bridgehead atoms. The van der Waals surface area contributed by atoms with Gasteiger partial charge in [0.25, 0.3) is 0 Å². The molecular weight excluding hydrogens is 187 g/mol. The van der Waals surface area contributed by atoms with E-state index in [9.17, 15) is 4.39 Å². The maximum Gasteiger partial charge on any atom is 0.173 e. The first-order chi connectivity index (χ1) is 6.24. The molecule has 0 amide bonds. The first-order valence-electron chi connectivity index (χ1n) is 3.94. The highest BCUT2D eigenvalue weighted by atomic mass is 32.1. The Kier molecular flexibility index (Phi) is 1.96. The highest BCUT2D eigenvalue weighted by Gasteiger charge is 2.10. The van der Waals surface area contributed by atoms with Crippen molar-refractivity contribution in [3.63, 3.8) is 0 Å². The fraction of sp³-hybridized carbons (Fsp3) is 0.200. The molecule has 2 rings (SSSR count). The number of thiophene rings is 1. The quantitative estimate of drug-likeness (QED) is 0.679. The summed E-state index contributed by atoms with van der Waals surface area (Å²) in [5.41, 5.74) is 1.06. The molecule has 1 nitrogen and oxygen atoms in total. The van der Waals surface area contributed by atoms with Crippen molar-refractivity contribution in [2.75, 3.05) is 7.11 Å². The van der Waals surface area contributed by atoms with Gasteiger partial charge in [-0.3, -0.25) is 0 Å². The van der Waals surface area contributed by atoms with Gasteiger partial charge in [-0.15, -0.1) is 11.3 Å². The second kappa shape index (κ2) is 3.00. The second-order valence-electron chi connectivity index (χ2n) is 2.87. The summed E-state index contributed by atoms with van der Waals surface area (Å²) in [5.74, 6) is 0.0627. The lowest BCUT2D eigenvalue weighted by molar-refractivity contribution is 0.389. The van der Waals surface area contributed by atoms with E-state index in [1.165, 1.54) is 7.11 Å². The minimum Gasteiger partial charge on any atom is -0.494 e. The second-order valence-corrected chi connectivity index (χ2v) is 3.79. The van der Waals surface area contributed by atoms with Crippen molar-refractivity contribution in [1.82, 2.24) is 0 Å². The maximum atomic E-state index is 13.6. The number of halogens is 1. The van der Waals surface area contributed by atoms with Crippen LogP contribution in [0.4, 0.5) is 4.39 Å². The van der Waals surface area contributed by atoms with Crippen LogP contribution in [-0.4, -0.2) is 7.11 Å². The Hall–Kier alpha value is -1.09. The molecule has 1 aromatic heterocycles. The summed E-state index contributed by atoms with van der Waals surface area (Å²) in [6, 6.07) is 3.51. The zero-order chi connectivity index (χ0) is 9.42. The van der Waals surface area contributed by atoms with E-state index in [0.717, 1.165) is 10.3 Å². The highest BCUT2D eigenvalue weighted by molar-refractivity contribution is 7.17. The van der Waals surface area contributed by atoms with Crippen LogP contribution in [0.5, 0.6) is 5.75 Å². The SMILES string of the molecule is COc1cc(C)c2sccc2c1F. The highest BCUT2D eigenvalue weighted by Crippen LogP contribution is 2.32. The smallest absolute Gasteiger partial charge is 0.173 e. The largest absolute Gasteiger partial charge is 0.494 e. The minimum absolute atomic E-state index is 0.260.